The molecule has 3 rings (SSSR count). The largest absolute Gasteiger partial charge is 0.352 e. The van der Waals surface area contributed by atoms with Crippen LogP contribution < -0.4 is 5.32 Å². The van der Waals surface area contributed by atoms with E-state index in [0.29, 0.717) is 25.2 Å². The number of nitrogens with zero attached hydrogens (tertiary/aromatic N) is 3. The van der Waals surface area contributed by atoms with Gasteiger partial charge in [-0.15, -0.1) is 0 Å². The van der Waals surface area contributed by atoms with Crippen LogP contribution in [0.5, 0.6) is 0 Å². The molecule has 2 aromatic heterocycles. The van der Waals surface area contributed by atoms with Crippen LogP contribution in [0.3, 0.4) is 0 Å². The molecule has 0 bridgehead atoms. The summed E-state index contributed by atoms with van der Waals surface area (Å²) in [5, 5.41) is 13.3. The minimum absolute atomic E-state index is 0.0171. The number of benzene rings is 1. The quantitative estimate of drug-likeness (QED) is 0.722. The van der Waals surface area contributed by atoms with Crippen molar-refractivity contribution in [2.24, 2.45) is 0 Å². The van der Waals surface area contributed by atoms with Crippen LogP contribution in [0.2, 0.25) is 0 Å². The number of rotatable bonds is 6. The summed E-state index contributed by atoms with van der Waals surface area (Å²) in [5.41, 5.74) is 2.92. The highest BCUT2D eigenvalue weighted by atomic mass is 16.5. The van der Waals surface area contributed by atoms with E-state index in [1.807, 2.05) is 24.3 Å². The van der Waals surface area contributed by atoms with Gasteiger partial charge in [-0.05, 0) is 17.5 Å². The van der Waals surface area contributed by atoms with Crippen LogP contribution >= 0.6 is 0 Å². The minimum Gasteiger partial charge on any atom is -0.352 e. The number of aryl methyl sites for hydroxylation is 1. The van der Waals surface area contributed by atoms with E-state index in [1.54, 1.807) is 12.4 Å². The second-order valence-corrected chi connectivity index (χ2v) is 4.84. The van der Waals surface area contributed by atoms with E-state index in [4.69, 9.17) is 4.52 Å². The van der Waals surface area contributed by atoms with Gasteiger partial charge in [0.1, 0.15) is 0 Å². The van der Waals surface area contributed by atoms with Gasteiger partial charge in [0.15, 0.2) is 0 Å². The van der Waals surface area contributed by atoms with Gasteiger partial charge in [0.25, 0.3) is 0 Å². The van der Waals surface area contributed by atoms with Crippen LogP contribution in [0.15, 0.2) is 47.6 Å². The Balaban J connectivity index is 1.48. The second-order valence-electron chi connectivity index (χ2n) is 4.84. The van der Waals surface area contributed by atoms with E-state index in [1.165, 1.54) is 6.39 Å². The monoisotopic (exact) mass is 297 g/mol. The zero-order valence-corrected chi connectivity index (χ0v) is 11.8. The Morgan fingerprint density at radius 2 is 2.09 bits per heavy atom. The highest BCUT2D eigenvalue weighted by Crippen LogP contribution is 2.14. The lowest BCUT2D eigenvalue weighted by Crippen LogP contribution is -2.22. The first-order valence-electron chi connectivity index (χ1n) is 6.91. The summed E-state index contributed by atoms with van der Waals surface area (Å²) >= 11 is 0. The van der Waals surface area contributed by atoms with Gasteiger partial charge in [-0.1, -0.05) is 29.4 Å². The molecule has 3 aromatic rings. The molecule has 0 unspecified atom stereocenters. The number of amides is 1. The first-order valence-corrected chi connectivity index (χ1v) is 6.91. The molecule has 2 N–H and O–H groups in total. The molecule has 7 heteroatoms. The first kappa shape index (κ1) is 14.0. The molecule has 1 amide bonds. The summed E-state index contributed by atoms with van der Waals surface area (Å²) in [6, 6.07) is 7.67. The van der Waals surface area contributed by atoms with Crippen molar-refractivity contribution in [3.63, 3.8) is 0 Å². The molecule has 0 saturated heterocycles. The minimum atomic E-state index is 0.0171. The number of nitrogens with one attached hydrogen (secondary N) is 2. The maximum Gasteiger partial charge on any atom is 0.220 e. The van der Waals surface area contributed by atoms with Gasteiger partial charge >= 0.3 is 0 Å². The first-order chi connectivity index (χ1) is 10.8. The molecule has 112 valence electrons. The van der Waals surface area contributed by atoms with Crippen molar-refractivity contribution in [1.29, 1.82) is 0 Å². The normalized spacial score (nSPS) is 10.5. The number of hydrogen-bond donors (Lipinski definition) is 2. The van der Waals surface area contributed by atoms with Crippen LogP contribution in [-0.4, -0.2) is 26.2 Å². The molecule has 0 spiro atoms. The van der Waals surface area contributed by atoms with E-state index >= 15 is 0 Å². The smallest absolute Gasteiger partial charge is 0.220 e. The van der Waals surface area contributed by atoms with Crippen molar-refractivity contribution in [3.8, 4) is 11.4 Å². The van der Waals surface area contributed by atoms with Gasteiger partial charge in [0.2, 0.25) is 18.1 Å². The van der Waals surface area contributed by atoms with E-state index < -0.39 is 0 Å². The Hall–Kier alpha value is -2.96. The van der Waals surface area contributed by atoms with Gasteiger partial charge < -0.3 is 9.84 Å². The molecule has 0 aliphatic carbocycles. The summed E-state index contributed by atoms with van der Waals surface area (Å²) in [7, 11) is 0. The average Bonchev–Trinajstić information content (AvgIpc) is 3.24. The zero-order chi connectivity index (χ0) is 15.2. The van der Waals surface area contributed by atoms with Crippen molar-refractivity contribution in [3.05, 3.63) is 54.2 Å². The number of hydrogen-bond acceptors (Lipinski definition) is 5. The Labute approximate surface area is 126 Å². The fraction of sp³-hybridized carbons (Fsp3) is 0.200. The lowest BCUT2D eigenvalue weighted by atomic mass is 10.1. The summed E-state index contributed by atoms with van der Waals surface area (Å²) in [6.45, 7) is 0.497. The van der Waals surface area contributed by atoms with Crippen LogP contribution in [0.25, 0.3) is 11.4 Å². The van der Waals surface area contributed by atoms with Crippen molar-refractivity contribution >= 4 is 5.91 Å². The molecule has 0 aliphatic heterocycles. The molecule has 0 saturated carbocycles. The Morgan fingerprint density at radius 1 is 1.23 bits per heavy atom. The van der Waals surface area contributed by atoms with Gasteiger partial charge in [0.05, 0.1) is 6.20 Å². The summed E-state index contributed by atoms with van der Waals surface area (Å²) < 4.78 is 4.71. The van der Waals surface area contributed by atoms with Crippen molar-refractivity contribution < 1.29 is 9.32 Å². The zero-order valence-electron chi connectivity index (χ0n) is 11.8. The highest BCUT2D eigenvalue weighted by molar-refractivity contribution is 5.76. The molecule has 22 heavy (non-hydrogen) atoms. The van der Waals surface area contributed by atoms with E-state index in [-0.39, 0.29) is 5.91 Å². The lowest BCUT2D eigenvalue weighted by Gasteiger charge is -2.05. The SMILES string of the molecule is O=C(CCc1cn[nH]c1)NCc1ccc(-c2ncon2)cc1. The topological polar surface area (TPSA) is 96.7 Å². The van der Waals surface area contributed by atoms with E-state index in [2.05, 4.69) is 25.7 Å². The third-order valence-corrected chi connectivity index (χ3v) is 3.26. The van der Waals surface area contributed by atoms with Gasteiger partial charge in [0, 0.05) is 24.7 Å². The summed E-state index contributed by atoms with van der Waals surface area (Å²) in [6.07, 6.45) is 5.94. The molecule has 0 atom stereocenters. The van der Waals surface area contributed by atoms with Crippen LogP contribution in [0.1, 0.15) is 17.5 Å². The van der Waals surface area contributed by atoms with Gasteiger partial charge in [-0.2, -0.15) is 10.1 Å². The third kappa shape index (κ3) is 3.57. The number of carbonyl (C=O) groups is 1. The number of carbonyl (C=O) groups excluding carboxylic acids is 1. The molecular weight excluding hydrogens is 282 g/mol. The van der Waals surface area contributed by atoms with Crippen LogP contribution in [-0.2, 0) is 17.8 Å². The van der Waals surface area contributed by atoms with Gasteiger partial charge in [-0.3, -0.25) is 9.89 Å². The average molecular weight is 297 g/mol. The standard InChI is InChI=1S/C15H15N5O2/c21-14(6-3-12-8-18-19-9-12)16-7-11-1-4-13(5-2-11)15-17-10-22-20-15/h1-2,4-5,8-10H,3,6-7H2,(H,16,21)(H,18,19). The summed E-state index contributed by atoms with van der Waals surface area (Å²) in [4.78, 5) is 15.8. The maximum absolute atomic E-state index is 11.8. The van der Waals surface area contributed by atoms with Crippen molar-refractivity contribution in [1.82, 2.24) is 25.7 Å². The van der Waals surface area contributed by atoms with Crippen molar-refractivity contribution in [2.45, 2.75) is 19.4 Å². The number of H-pyrrole nitrogens is 1. The predicted molar refractivity (Wildman–Crippen MR) is 78.5 cm³/mol. The van der Waals surface area contributed by atoms with Crippen LogP contribution in [0, 0.1) is 0 Å². The van der Waals surface area contributed by atoms with E-state index in [9.17, 15) is 4.79 Å². The molecular formula is C15H15N5O2. The second kappa shape index (κ2) is 6.66. The highest BCUT2D eigenvalue weighted by Gasteiger charge is 2.05. The Kier molecular flexibility index (Phi) is 4.24. The fourth-order valence-corrected chi connectivity index (χ4v) is 2.03. The van der Waals surface area contributed by atoms with Gasteiger partial charge in [-0.25, -0.2) is 0 Å². The van der Waals surface area contributed by atoms with Crippen LogP contribution in [0.4, 0.5) is 0 Å². The Morgan fingerprint density at radius 3 is 2.77 bits per heavy atom. The lowest BCUT2D eigenvalue weighted by molar-refractivity contribution is -0.121. The van der Waals surface area contributed by atoms with Crippen molar-refractivity contribution in [2.75, 3.05) is 0 Å². The maximum atomic E-state index is 11.8. The number of aromatic nitrogens is 4. The number of aromatic amines is 1. The Bertz CT molecular complexity index is 705. The molecule has 2 heterocycles. The summed E-state index contributed by atoms with van der Waals surface area (Å²) in [5.74, 6) is 0.569. The fourth-order valence-electron chi connectivity index (χ4n) is 2.03. The molecule has 0 fully saturated rings. The molecule has 7 nitrogen and oxygen atoms in total. The van der Waals surface area contributed by atoms with E-state index in [0.717, 1.165) is 16.7 Å². The third-order valence-electron chi connectivity index (χ3n) is 3.26. The molecule has 0 radical (unpaired) electrons. The molecule has 0 aliphatic rings. The predicted octanol–water partition coefficient (Wildman–Crippen LogP) is 1.71. The molecule has 1 aromatic carbocycles.